The molecule has 7 heteroatoms. The van der Waals surface area contributed by atoms with E-state index in [0.29, 0.717) is 11.7 Å². The van der Waals surface area contributed by atoms with Crippen LogP contribution in [-0.2, 0) is 0 Å². The molecule has 4 heterocycles. The van der Waals surface area contributed by atoms with Gasteiger partial charge in [-0.25, -0.2) is 4.98 Å². The molecule has 0 unspecified atom stereocenters. The van der Waals surface area contributed by atoms with E-state index < -0.39 is 0 Å². The standard InChI is InChI=1S/C26H31N7/c1-3-31-13-15-32(16-14-31)20-9-10-24-21(17-20)25(30-26-27-11-12-33(24)26)28-18(2)22-5-4-6-23(29-22)19-7-8-19/h4-6,9-12,17-19H,3,7-8,13-16H2,1-2H3,(H,27,28,30)/t18-/m1/s1. The van der Waals surface area contributed by atoms with Crippen LogP contribution in [-0.4, -0.2) is 57.0 Å². The molecule has 1 saturated heterocycles. The number of piperazine rings is 1. The lowest BCUT2D eigenvalue weighted by Crippen LogP contribution is -2.46. The van der Waals surface area contributed by atoms with Gasteiger partial charge in [0, 0.05) is 61.3 Å². The minimum atomic E-state index is 0.0496. The second kappa shape index (κ2) is 8.30. The predicted octanol–water partition coefficient (Wildman–Crippen LogP) is 4.47. The summed E-state index contributed by atoms with van der Waals surface area (Å²) in [6.45, 7) is 9.85. The van der Waals surface area contributed by atoms with Crippen LogP contribution in [0.15, 0.2) is 48.8 Å². The fourth-order valence-electron chi connectivity index (χ4n) is 4.87. The molecule has 1 N–H and O–H groups in total. The van der Waals surface area contributed by atoms with Gasteiger partial charge in [-0.3, -0.25) is 9.38 Å². The normalized spacial score (nSPS) is 18.2. The number of benzene rings is 1. The number of nitrogens with zero attached hydrogens (tertiary/aromatic N) is 6. The number of likely N-dealkylation sites (N-methyl/N-ethyl adjacent to an activating group) is 1. The smallest absolute Gasteiger partial charge is 0.236 e. The van der Waals surface area contributed by atoms with Crippen molar-refractivity contribution < 1.29 is 0 Å². The molecule has 0 bridgehead atoms. The van der Waals surface area contributed by atoms with Crippen LogP contribution in [0.3, 0.4) is 0 Å². The molecule has 1 aliphatic carbocycles. The summed E-state index contributed by atoms with van der Waals surface area (Å²) in [6, 6.07) is 13.2. The average Bonchev–Trinajstić information content (AvgIpc) is 3.61. The molecular weight excluding hydrogens is 410 g/mol. The van der Waals surface area contributed by atoms with Crippen LogP contribution in [0.1, 0.15) is 50.0 Å². The van der Waals surface area contributed by atoms with Crippen LogP contribution in [0.25, 0.3) is 16.7 Å². The van der Waals surface area contributed by atoms with Crippen molar-refractivity contribution in [1.29, 1.82) is 0 Å². The molecule has 1 atom stereocenters. The summed E-state index contributed by atoms with van der Waals surface area (Å²) in [5.41, 5.74) is 4.65. The zero-order chi connectivity index (χ0) is 22.4. The molecule has 4 aromatic rings. The predicted molar refractivity (Wildman–Crippen MR) is 133 cm³/mol. The molecule has 1 aliphatic heterocycles. The second-order valence-corrected chi connectivity index (χ2v) is 9.31. The van der Waals surface area contributed by atoms with Crippen molar-refractivity contribution in [1.82, 2.24) is 24.3 Å². The molecular formula is C26H31N7. The summed E-state index contributed by atoms with van der Waals surface area (Å²) >= 11 is 0. The van der Waals surface area contributed by atoms with Gasteiger partial charge in [-0.05, 0) is 56.6 Å². The molecule has 2 fully saturated rings. The van der Waals surface area contributed by atoms with Crippen molar-refractivity contribution in [2.75, 3.05) is 42.9 Å². The maximum Gasteiger partial charge on any atom is 0.236 e. The number of imidazole rings is 1. The summed E-state index contributed by atoms with van der Waals surface area (Å²) in [4.78, 5) is 19.3. The van der Waals surface area contributed by atoms with E-state index in [4.69, 9.17) is 9.97 Å². The molecule has 0 spiro atoms. The van der Waals surface area contributed by atoms with E-state index in [-0.39, 0.29) is 6.04 Å². The van der Waals surface area contributed by atoms with Gasteiger partial charge >= 0.3 is 0 Å². The van der Waals surface area contributed by atoms with Crippen LogP contribution in [0.2, 0.25) is 0 Å². The number of aromatic nitrogens is 4. The summed E-state index contributed by atoms with van der Waals surface area (Å²) in [5, 5.41) is 4.77. The number of rotatable bonds is 6. The largest absolute Gasteiger partial charge is 0.369 e. The third-order valence-electron chi connectivity index (χ3n) is 7.10. The highest BCUT2D eigenvalue weighted by Gasteiger charge is 2.25. The third kappa shape index (κ3) is 3.91. The van der Waals surface area contributed by atoms with E-state index in [0.717, 1.165) is 55.1 Å². The Morgan fingerprint density at radius 1 is 1.06 bits per heavy atom. The number of nitrogens with one attached hydrogen (secondary N) is 1. The highest BCUT2D eigenvalue weighted by molar-refractivity contribution is 5.93. The zero-order valence-corrected chi connectivity index (χ0v) is 19.4. The van der Waals surface area contributed by atoms with Gasteiger partial charge in [0.05, 0.1) is 17.3 Å². The Labute approximate surface area is 194 Å². The first-order valence-corrected chi connectivity index (χ1v) is 12.2. The first-order chi connectivity index (χ1) is 16.2. The van der Waals surface area contributed by atoms with Crippen molar-refractivity contribution in [2.45, 2.75) is 38.6 Å². The van der Waals surface area contributed by atoms with Gasteiger partial charge in [0.2, 0.25) is 5.78 Å². The lowest BCUT2D eigenvalue weighted by molar-refractivity contribution is 0.271. The van der Waals surface area contributed by atoms with Crippen LogP contribution in [0.4, 0.5) is 11.5 Å². The van der Waals surface area contributed by atoms with Crippen LogP contribution >= 0.6 is 0 Å². The molecule has 6 rings (SSSR count). The minimum Gasteiger partial charge on any atom is -0.369 e. The average molecular weight is 442 g/mol. The van der Waals surface area contributed by atoms with Crippen molar-refractivity contribution in [2.24, 2.45) is 0 Å². The third-order valence-corrected chi connectivity index (χ3v) is 7.10. The van der Waals surface area contributed by atoms with Crippen LogP contribution < -0.4 is 10.2 Å². The summed E-state index contributed by atoms with van der Waals surface area (Å²) in [5.74, 6) is 2.22. The molecule has 3 aromatic heterocycles. The summed E-state index contributed by atoms with van der Waals surface area (Å²) in [6.07, 6.45) is 6.32. The molecule has 7 nitrogen and oxygen atoms in total. The minimum absolute atomic E-state index is 0.0496. The molecule has 1 saturated carbocycles. The van der Waals surface area contributed by atoms with Gasteiger partial charge in [-0.1, -0.05) is 13.0 Å². The monoisotopic (exact) mass is 441 g/mol. The molecule has 1 aromatic carbocycles. The van der Waals surface area contributed by atoms with Gasteiger partial charge in [0.25, 0.3) is 0 Å². The van der Waals surface area contributed by atoms with Gasteiger partial charge in [-0.15, -0.1) is 0 Å². The van der Waals surface area contributed by atoms with Crippen molar-refractivity contribution >= 4 is 28.2 Å². The molecule has 0 radical (unpaired) electrons. The van der Waals surface area contributed by atoms with Crippen LogP contribution in [0, 0.1) is 0 Å². The Bertz CT molecular complexity index is 1280. The van der Waals surface area contributed by atoms with E-state index >= 15 is 0 Å². The number of hydrogen-bond acceptors (Lipinski definition) is 6. The molecule has 0 amide bonds. The van der Waals surface area contributed by atoms with Crippen molar-refractivity contribution in [3.8, 4) is 0 Å². The Morgan fingerprint density at radius 3 is 2.70 bits per heavy atom. The number of hydrogen-bond donors (Lipinski definition) is 1. The molecule has 33 heavy (non-hydrogen) atoms. The summed E-state index contributed by atoms with van der Waals surface area (Å²) in [7, 11) is 0. The lowest BCUT2D eigenvalue weighted by atomic mass is 10.1. The van der Waals surface area contributed by atoms with Gasteiger partial charge in [0.15, 0.2) is 0 Å². The maximum absolute atomic E-state index is 4.95. The number of anilines is 2. The van der Waals surface area contributed by atoms with E-state index in [1.54, 1.807) is 0 Å². The highest BCUT2D eigenvalue weighted by atomic mass is 15.3. The Balaban J connectivity index is 1.36. The van der Waals surface area contributed by atoms with Crippen molar-refractivity contribution in [3.05, 3.63) is 60.2 Å². The quantitative estimate of drug-likeness (QED) is 0.476. The first-order valence-electron chi connectivity index (χ1n) is 12.2. The van der Waals surface area contributed by atoms with E-state index in [2.05, 4.69) is 74.7 Å². The fraction of sp³-hybridized carbons (Fsp3) is 0.423. The maximum atomic E-state index is 4.95. The van der Waals surface area contributed by atoms with Gasteiger partial charge in [0.1, 0.15) is 5.82 Å². The Kier molecular flexibility index (Phi) is 5.14. The highest BCUT2D eigenvalue weighted by Crippen LogP contribution is 2.39. The van der Waals surface area contributed by atoms with E-state index in [1.807, 2.05) is 12.4 Å². The zero-order valence-electron chi connectivity index (χ0n) is 19.4. The van der Waals surface area contributed by atoms with E-state index in [1.165, 1.54) is 24.2 Å². The summed E-state index contributed by atoms with van der Waals surface area (Å²) < 4.78 is 2.07. The SMILES string of the molecule is CCN1CCN(c2ccc3c(c2)c(N[C@H](C)c2cccc(C4CC4)n2)nc2nccn23)CC1. The fourth-order valence-corrected chi connectivity index (χ4v) is 4.87. The number of pyridine rings is 1. The topological polar surface area (TPSA) is 61.6 Å². The van der Waals surface area contributed by atoms with Gasteiger partial charge < -0.3 is 15.1 Å². The van der Waals surface area contributed by atoms with Gasteiger partial charge in [-0.2, -0.15) is 4.98 Å². The second-order valence-electron chi connectivity index (χ2n) is 9.31. The lowest BCUT2D eigenvalue weighted by Gasteiger charge is -2.35. The van der Waals surface area contributed by atoms with Crippen LogP contribution in [0.5, 0.6) is 0 Å². The number of fused-ring (bicyclic) bond motifs is 3. The molecule has 2 aliphatic rings. The van der Waals surface area contributed by atoms with Crippen molar-refractivity contribution in [3.63, 3.8) is 0 Å². The Morgan fingerprint density at radius 2 is 1.91 bits per heavy atom. The first kappa shape index (κ1) is 20.4. The molecule has 170 valence electrons. The Hall–Kier alpha value is -3.19. The van der Waals surface area contributed by atoms with E-state index in [9.17, 15) is 0 Å².